The van der Waals surface area contributed by atoms with Crippen molar-refractivity contribution < 1.29 is 115 Å². The first-order valence-electron chi connectivity index (χ1n) is 16.4. The van der Waals surface area contributed by atoms with Crippen LogP contribution in [0.3, 0.4) is 0 Å². The Morgan fingerprint density at radius 1 is 0.536 bits per heavy atom. The van der Waals surface area contributed by atoms with Crippen molar-refractivity contribution >= 4 is 47.8 Å². The van der Waals surface area contributed by atoms with Crippen molar-refractivity contribution in [2.75, 3.05) is 26.4 Å². The molecule has 0 saturated carbocycles. The van der Waals surface area contributed by atoms with E-state index in [2.05, 4.69) is 9.78 Å². The van der Waals surface area contributed by atoms with Gasteiger partial charge in [-0.1, -0.05) is 0 Å². The lowest BCUT2D eigenvalue weighted by atomic mass is 9.94. The first-order valence-corrected chi connectivity index (χ1v) is 16.4. The summed E-state index contributed by atoms with van der Waals surface area (Å²) in [6.07, 6.45) is -15.2. The van der Waals surface area contributed by atoms with Crippen LogP contribution < -0.4 is 5.73 Å². The van der Waals surface area contributed by atoms with Crippen LogP contribution in [0.4, 0.5) is 0 Å². The second-order valence-corrected chi connectivity index (χ2v) is 12.0. The molecule has 0 spiro atoms. The molecule has 10 atom stereocenters. The van der Waals surface area contributed by atoms with Gasteiger partial charge in [0.2, 0.25) is 12.2 Å². The maximum atomic E-state index is 12.2. The average molecular weight is 816 g/mol. The molecule has 2 aliphatic heterocycles. The maximum Gasteiger partial charge on any atom is 0.339 e. The molecule has 318 valence electrons. The van der Waals surface area contributed by atoms with Crippen LogP contribution in [0.1, 0.15) is 55.4 Å². The van der Waals surface area contributed by atoms with E-state index in [-0.39, 0.29) is 0 Å². The average Bonchev–Trinajstić information content (AvgIpc) is 3.07. The Labute approximate surface area is 317 Å². The van der Waals surface area contributed by atoms with Crippen molar-refractivity contribution in [2.45, 2.75) is 122 Å². The number of hydrogen-bond acceptors (Lipinski definition) is 25. The van der Waals surface area contributed by atoms with E-state index in [0.717, 1.165) is 55.4 Å². The van der Waals surface area contributed by atoms with Gasteiger partial charge in [0.15, 0.2) is 37.0 Å². The second-order valence-electron chi connectivity index (χ2n) is 12.0. The van der Waals surface area contributed by atoms with Gasteiger partial charge in [0.25, 0.3) is 11.6 Å². The molecule has 0 aromatic rings. The molecule has 0 aromatic carbocycles. The smallest absolute Gasteiger partial charge is 0.339 e. The van der Waals surface area contributed by atoms with Gasteiger partial charge < -0.3 is 63.3 Å². The van der Waals surface area contributed by atoms with Gasteiger partial charge in [0, 0.05) is 55.4 Å². The van der Waals surface area contributed by atoms with E-state index in [1.165, 1.54) is 0 Å². The molecule has 56 heavy (non-hydrogen) atoms. The Kier molecular flexibility index (Phi) is 17.9. The highest BCUT2D eigenvalue weighted by Gasteiger charge is 2.64. The van der Waals surface area contributed by atoms with Crippen LogP contribution in [-0.2, 0) is 105 Å². The number of esters is 6. The number of rotatable bonds is 18. The monoisotopic (exact) mass is 815 g/mol. The van der Waals surface area contributed by atoms with Gasteiger partial charge in [-0.2, -0.15) is 0 Å². The summed E-state index contributed by atoms with van der Waals surface area (Å²) in [5.74, 6) is -14.0. The molecule has 0 aromatic heterocycles. The zero-order chi connectivity index (χ0) is 42.5. The van der Waals surface area contributed by atoms with Gasteiger partial charge in [-0.05, 0) is 0 Å². The summed E-state index contributed by atoms with van der Waals surface area (Å²) in [6, 6.07) is -1.24. The molecule has 0 amide bonds. The molecule has 0 aliphatic carbocycles. The molecule has 25 heteroatoms. The maximum absolute atomic E-state index is 12.2. The van der Waals surface area contributed by atoms with Crippen molar-refractivity contribution in [1.82, 2.24) is 0 Å². The number of carbonyl (C=O) groups is 8. The van der Waals surface area contributed by atoms with Crippen LogP contribution in [0.25, 0.3) is 0 Å². The highest BCUT2D eigenvalue weighted by molar-refractivity contribution is 5.69. The summed E-state index contributed by atoms with van der Waals surface area (Å²) in [6.45, 7) is 4.67. The number of hydrogen-bond donors (Lipinski definition) is 3. The van der Waals surface area contributed by atoms with Crippen molar-refractivity contribution in [1.29, 1.82) is 0 Å². The quantitative estimate of drug-likeness (QED) is 0.0408. The Morgan fingerprint density at radius 3 is 1.12 bits per heavy atom. The summed E-state index contributed by atoms with van der Waals surface area (Å²) in [5.41, 5.74) is 6.22. The highest BCUT2D eigenvalue weighted by atomic mass is 17.2. The van der Waals surface area contributed by atoms with Crippen molar-refractivity contribution in [3.05, 3.63) is 0 Å². The number of aliphatic hydroxyl groups is 2. The zero-order valence-corrected chi connectivity index (χ0v) is 31.5. The van der Waals surface area contributed by atoms with E-state index in [4.69, 9.17) is 62.9 Å². The third kappa shape index (κ3) is 13.9. The molecular formula is C31H45NO24. The summed E-state index contributed by atoms with van der Waals surface area (Å²) >= 11 is 0. The number of ether oxygens (including phenoxy) is 10. The molecule has 0 unspecified atom stereocenters. The Morgan fingerprint density at radius 2 is 0.857 bits per heavy atom. The first-order chi connectivity index (χ1) is 26.0. The third-order valence-electron chi connectivity index (χ3n) is 7.07. The van der Waals surface area contributed by atoms with E-state index in [1.54, 1.807) is 0 Å². The fourth-order valence-electron chi connectivity index (χ4n) is 4.98. The van der Waals surface area contributed by atoms with Crippen LogP contribution in [0.15, 0.2) is 0 Å². The number of carbonyl (C=O) groups excluding carboxylic acids is 8. The lowest BCUT2D eigenvalue weighted by Crippen LogP contribution is -2.70. The van der Waals surface area contributed by atoms with Crippen molar-refractivity contribution in [2.24, 2.45) is 5.73 Å². The summed E-state index contributed by atoms with van der Waals surface area (Å²) in [4.78, 5) is 114. The first kappa shape index (κ1) is 47.6. The Balaban J connectivity index is 2.43. The predicted molar refractivity (Wildman–Crippen MR) is 168 cm³/mol. The van der Waals surface area contributed by atoms with E-state index in [0.29, 0.717) is 0 Å². The van der Waals surface area contributed by atoms with Crippen molar-refractivity contribution in [3.63, 3.8) is 0 Å². The van der Waals surface area contributed by atoms with Crippen LogP contribution in [-0.4, -0.2) is 151 Å². The third-order valence-corrected chi connectivity index (χ3v) is 7.07. The summed E-state index contributed by atoms with van der Waals surface area (Å²) in [7, 11) is 0. The Bertz CT molecular complexity index is 1340. The fourth-order valence-corrected chi connectivity index (χ4v) is 4.98. The molecule has 2 heterocycles. The van der Waals surface area contributed by atoms with Crippen LogP contribution in [0, 0.1) is 0 Å². The molecule has 2 rings (SSSR count). The van der Waals surface area contributed by atoms with Gasteiger partial charge in [-0.15, -0.1) is 9.78 Å². The summed E-state index contributed by atoms with van der Waals surface area (Å²) in [5, 5.41) is 23.0. The fraction of sp³-hybridized carbons (Fsp3) is 0.742. The summed E-state index contributed by atoms with van der Waals surface area (Å²) < 4.78 is 53.6. The minimum absolute atomic E-state index is 0.604. The molecular weight excluding hydrogens is 770 g/mol. The van der Waals surface area contributed by atoms with Crippen LogP contribution in [0.2, 0.25) is 0 Å². The van der Waals surface area contributed by atoms with E-state index >= 15 is 0 Å². The molecule has 2 fully saturated rings. The van der Waals surface area contributed by atoms with Crippen LogP contribution in [0.5, 0.6) is 0 Å². The van der Waals surface area contributed by atoms with Gasteiger partial charge in [0.1, 0.15) is 13.2 Å². The zero-order valence-electron chi connectivity index (χ0n) is 31.5. The molecule has 0 radical (unpaired) electrons. The van der Waals surface area contributed by atoms with Gasteiger partial charge in [0.05, 0.1) is 19.3 Å². The van der Waals surface area contributed by atoms with Gasteiger partial charge in [-0.25, -0.2) is 9.59 Å². The molecule has 2 saturated heterocycles. The standard InChI is InChI=1S/C31H45NO24/c1-13(33)43-11-22-30(41,55-53-19(7)39)26(49-17(5)37)24(47-15(3)35)28(51-22)45-9-21(32)10-46-29-25(48-16(4)36)27(50-18(6)38)31(42,56-54-20(8)40)23(52-29)12-44-14(2)34/h21-29,41-42H,9-12,32H2,1-8H3/t22-,23-,24-,25-,26-,27-,28-,29-,30+,31+/m1/s1. The van der Waals surface area contributed by atoms with Crippen molar-refractivity contribution in [3.8, 4) is 0 Å². The van der Waals surface area contributed by atoms with Crippen LogP contribution >= 0.6 is 0 Å². The topological polar surface area (TPSA) is 332 Å². The minimum Gasteiger partial charge on any atom is -0.463 e. The Hall–Kier alpha value is -4.60. The number of nitrogens with two attached hydrogens (primary N) is 1. The predicted octanol–water partition coefficient (Wildman–Crippen LogP) is -2.98. The molecule has 2 aliphatic rings. The lowest BCUT2D eigenvalue weighted by molar-refractivity contribution is -0.475. The lowest BCUT2D eigenvalue weighted by Gasteiger charge is -2.48. The molecule has 25 nitrogen and oxygen atoms in total. The highest BCUT2D eigenvalue weighted by Crippen LogP contribution is 2.38. The minimum atomic E-state index is -2.98. The van der Waals surface area contributed by atoms with E-state index in [1.807, 2.05) is 0 Å². The normalized spacial score (nSPS) is 29.9. The van der Waals surface area contributed by atoms with E-state index < -0.39 is 141 Å². The second kappa shape index (κ2) is 21.1. The van der Waals surface area contributed by atoms with E-state index in [9.17, 15) is 48.6 Å². The molecule has 0 bridgehead atoms. The van der Waals surface area contributed by atoms with Gasteiger partial charge >= 0.3 is 47.8 Å². The largest absolute Gasteiger partial charge is 0.463 e. The molecule has 4 N–H and O–H groups in total. The van der Waals surface area contributed by atoms with Gasteiger partial charge in [-0.3, -0.25) is 38.5 Å². The SMILES string of the molecule is CC(=O)OC[C@H]1O[C@@H](OCC(N)CO[C@@H]2O[C@H](COC(C)=O)[C@](O)(OOC(C)=O)[C@H](OC(C)=O)[C@H]2OC(C)=O)[C@H](OC(C)=O)[C@@H](OC(C)=O)[C@@]1(O)OOC(C)=O.